The van der Waals surface area contributed by atoms with Crippen molar-refractivity contribution in [3.63, 3.8) is 0 Å². The van der Waals surface area contributed by atoms with Gasteiger partial charge in [0.25, 0.3) is 5.91 Å². The molecule has 1 aliphatic heterocycles. The molecule has 130 valence electrons. The van der Waals surface area contributed by atoms with Crippen molar-refractivity contribution in [2.75, 3.05) is 10.3 Å². The van der Waals surface area contributed by atoms with Crippen molar-refractivity contribution >= 4 is 51.3 Å². The summed E-state index contributed by atoms with van der Waals surface area (Å²) < 4.78 is 0. The van der Waals surface area contributed by atoms with Gasteiger partial charge in [0.2, 0.25) is 11.0 Å². The number of hydrogen-bond donors (Lipinski definition) is 1. The summed E-state index contributed by atoms with van der Waals surface area (Å²) >= 11 is 7.44. The first-order valence-corrected chi connectivity index (χ1v) is 8.97. The number of carbonyl (C=O) groups excluding carboxylic acids is 2. The van der Waals surface area contributed by atoms with Crippen molar-refractivity contribution < 1.29 is 9.59 Å². The molecule has 0 bridgehead atoms. The molecule has 1 N–H and O–H groups in total. The van der Waals surface area contributed by atoms with Crippen molar-refractivity contribution in [1.29, 1.82) is 0 Å². The predicted octanol–water partition coefficient (Wildman–Crippen LogP) is 3.18. The van der Waals surface area contributed by atoms with Crippen LogP contribution in [0, 0.1) is 6.92 Å². The number of aromatic nitrogens is 2. The molecule has 0 atom stereocenters. The third-order valence-corrected chi connectivity index (χ3v) is 5.07. The summed E-state index contributed by atoms with van der Waals surface area (Å²) in [6.45, 7) is 3.84. The minimum Gasteiger partial charge on any atom is -0.295 e. The van der Waals surface area contributed by atoms with Gasteiger partial charge in [-0.25, -0.2) is 5.01 Å². The van der Waals surface area contributed by atoms with Crippen LogP contribution in [0.3, 0.4) is 0 Å². The largest absolute Gasteiger partial charge is 0.295 e. The first kappa shape index (κ1) is 17.5. The van der Waals surface area contributed by atoms with E-state index in [4.69, 9.17) is 11.6 Å². The van der Waals surface area contributed by atoms with E-state index in [0.717, 1.165) is 17.0 Å². The Kier molecular flexibility index (Phi) is 5.10. The average Bonchev–Trinajstić information content (AvgIpc) is 3.05. The molecular formula is C16H16ClN5O2S. The minimum absolute atomic E-state index is 0.180. The van der Waals surface area contributed by atoms with E-state index in [2.05, 4.69) is 20.6 Å². The van der Waals surface area contributed by atoms with Crippen LogP contribution in [0.2, 0.25) is 5.02 Å². The summed E-state index contributed by atoms with van der Waals surface area (Å²) in [6.07, 6.45) is 1.24. The lowest BCUT2D eigenvalue weighted by atomic mass is 10.1. The summed E-state index contributed by atoms with van der Waals surface area (Å²) in [7, 11) is 0. The second-order valence-electron chi connectivity index (χ2n) is 5.49. The number of anilines is 2. The Morgan fingerprint density at radius 1 is 1.36 bits per heavy atom. The van der Waals surface area contributed by atoms with Crippen LogP contribution in [0.15, 0.2) is 23.3 Å². The fourth-order valence-corrected chi connectivity index (χ4v) is 3.10. The van der Waals surface area contributed by atoms with Crippen LogP contribution in [0.25, 0.3) is 0 Å². The molecule has 0 aliphatic carbocycles. The van der Waals surface area contributed by atoms with E-state index in [1.54, 1.807) is 12.1 Å². The van der Waals surface area contributed by atoms with Gasteiger partial charge in [0.15, 0.2) is 0 Å². The molecule has 25 heavy (non-hydrogen) atoms. The van der Waals surface area contributed by atoms with Gasteiger partial charge in [-0.1, -0.05) is 35.9 Å². The predicted molar refractivity (Wildman–Crippen MR) is 98.3 cm³/mol. The molecule has 0 unspecified atom stereocenters. The molecule has 1 aliphatic rings. The Labute approximate surface area is 153 Å². The summed E-state index contributed by atoms with van der Waals surface area (Å²) in [4.78, 5) is 24.6. The van der Waals surface area contributed by atoms with Crippen LogP contribution in [0.4, 0.5) is 10.8 Å². The molecule has 2 amide bonds. The zero-order valence-electron chi connectivity index (χ0n) is 13.7. The van der Waals surface area contributed by atoms with E-state index >= 15 is 0 Å². The van der Waals surface area contributed by atoms with Crippen molar-refractivity contribution in [3.05, 3.63) is 33.8 Å². The normalized spacial score (nSPS) is 14.4. The standard InChI is InChI=1S/C16H16ClN5O2S/c1-3-13-19-20-16(25-13)18-15(24)12-6-7-14(23)22(21-12)10-5-4-9(2)11(17)8-10/h4-5,8H,3,6-7H2,1-2H3,(H,18,20,24). The number of halogens is 1. The summed E-state index contributed by atoms with van der Waals surface area (Å²) in [5, 5.41) is 17.8. The number of rotatable bonds is 4. The van der Waals surface area contributed by atoms with Gasteiger partial charge in [-0.05, 0) is 31.0 Å². The number of benzene rings is 1. The van der Waals surface area contributed by atoms with E-state index in [-0.39, 0.29) is 30.4 Å². The minimum atomic E-state index is -0.380. The zero-order chi connectivity index (χ0) is 18.0. The Morgan fingerprint density at radius 3 is 2.84 bits per heavy atom. The first-order chi connectivity index (χ1) is 12.0. The van der Waals surface area contributed by atoms with Crippen molar-refractivity contribution in [2.45, 2.75) is 33.1 Å². The molecule has 0 spiro atoms. The molecule has 0 fully saturated rings. The SMILES string of the molecule is CCc1nnc(NC(=O)C2=NN(c3ccc(C)c(Cl)c3)C(=O)CC2)s1. The number of nitrogens with zero attached hydrogens (tertiary/aromatic N) is 4. The summed E-state index contributed by atoms with van der Waals surface area (Å²) in [5.74, 6) is -0.560. The van der Waals surface area contributed by atoms with Gasteiger partial charge in [0.1, 0.15) is 10.7 Å². The Bertz CT molecular complexity index is 864. The molecule has 2 aromatic rings. The lowest BCUT2D eigenvalue weighted by Crippen LogP contribution is -2.36. The third-order valence-electron chi connectivity index (χ3n) is 3.68. The van der Waals surface area contributed by atoms with Crippen LogP contribution in [-0.2, 0) is 16.0 Å². The van der Waals surface area contributed by atoms with Gasteiger partial charge < -0.3 is 0 Å². The van der Waals surface area contributed by atoms with E-state index in [0.29, 0.717) is 15.8 Å². The fraction of sp³-hybridized carbons (Fsp3) is 0.312. The van der Waals surface area contributed by atoms with Gasteiger partial charge >= 0.3 is 0 Å². The van der Waals surface area contributed by atoms with Crippen molar-refractivity contribution in [1.82, 2.24) is 10.2 Å². The molecule has 2 heterocycles. The Balaban J connectivity index is 1.82. The zero-order valence-corrected chi connectivity index (χ0v) is 15.3. The quantitative estimate of drug-likeness (QED) is 0.886. The van der Waals surface area contributed by atoms with Gasteiger partial charge in [0, 0.05) is 17.9 Å². The van der Waals surface area contributed by atoms with E-state index in [1.807, 2.05) is 19.9 Å². The maximum atomic E-state index is 12.4. The molecular weight excluding hydrogens is 362 g/mol. The topological polar surface area (TPSA) is 87.6 Å². The molecule has 0 saturated carbocycles. The summed E-state index contributed by atoms with van der Waals surface area (Å²) in [6, 6.07) is 5.22. The highest BCUT2D eigenvalue weighted by Crippen LogP contribution is 2.26. The van der Waals surface area contributed by atoms with Crippen molar-refractivity contribution in [2.24, 2.45) is 5.10 Å². The lowest BCUT2D eigenvalue weighted by Gasteiger charge is -2.23. The van der Waals surface area contributed by atoms with Crippen LogP contribution < -0.4 is 10.3 Å². The molecule has 0 radical (unpaired) electrons. The Hall–Kier alpha value is -2.32. The van der Waals surface area contributed by atoms with E-state index < -0.39 is 0 Å². The maximum absolute atomic E-state index is 12.4. The van der Waals surface area contributed by atoms with Crippen LogP contribution in [0.5, 0.6) is 0 Å². The van der Waals surface area contributed by atoms with E-state index in [9.17, 15) is 9.59 Å². The van der Waals surface area contributed by atoms with Crippen LogP contribution in [-0.4, -0.2) is 27.7 Å². The van der Waals surface area contributed by atoms with Gasteiger partial charge in [0.05, 0.1) is 5.69 Å². The maximum Gasteiger partial charge on any atom is 0.273 e. The number of aryl methyl sites for hydroxylation is 2. The number of hydrazone groups is 1. The van der Waals surface area contributed by atoms with Gasteiger partial charge in [-0.15, -0.1) is 10.2 Å². The molecule has 3 rings (SSSR count). The molecule has 7 nitrogen and oxygen atoms in total. The highest BCUT2D eigenvalue weighted by atomic mass is 35.5. The van der Waals surface area contributed by atoms with Gasteiger partial charge in [-0.3, -0.25) is 14.9 Å². The van der Waals surface area contributed by atoms with Crippen LogP contribution >= 0.6 is 22.9 Å². The van der Waals surface area contributed by atoms with E-state index in [1.165, 1.54) is 16.3 Å². The van der Waals surface area contributed by atoms with Gasteiger partial charge in [-0.2, -0.15) is 5.10 Å². The fourth-order valence-electron chi connectivity index (χ4n) is 2.25. The monoisotopic (exact) mass is 377 g/mol. The summed E-state index contributed by atoms with van der Waals surface area (Å²) in [5.41, 5.74) is 1.71. The third kappa shape index (κ3) is 3.85. The highest BCUT2D eigenvalue weighted by Gasteiger charge is 2.26. The number of carbonyl (C=O) groups is 2. The molecule has 0 saturated heterocycles. The Morgan fingerprint density at radius 2 is 2.16 bits per heavy atom. The average molecular weight is 378 g/mol. The lowest BCUT2D eigenvalue weighted by molar-refractivity contribution is -0.118. The molecule has 9 heteroatoms. The second-order valence-corrected chi connectivity index (χ2v) is 6.96. The molecule has 1 aromatic carbocycles. The number of hydrogen-bond acceptors (Lipinski definition) is 6. The highest BCUT2D eigenvalue weighted by molar-refractivity contribution is 7.15. The second kappa shape index (κ2) is 7.28. The smallest absolute Gasteiger partial charge is 0.273 e. The first-order valence-electron chi connectivity index (χ1n) is 7.78. The number of amides is 2. The molecule has 1 aromatic heterocycles. The van der Waals surface area contributed by atoms with Crippen LogP contribution in [0.1, 0.15) is 30.3 Å². The number of nitrogens with one attached hydrogen (secondary N) is 1. The van der Waals surface area contributed by atoms with Crippen molar-refractivity contribution in [3.8, 4) is 0 Å².